The van der Waals surface area contributed by atoms with Crippen molar-refractivity contribution < 1.29 is 4.79 Å². The molecule has 0 saturated heterocycles. The lowest BCUT2D eigenvalue weighted by molar-refractivity contribution is 0.0982. The first-order valence-corrected chi connectivity index (χ1v) is 12.6. The molecular formula is C29H29N7O. The minimum absolute atomic E-state index is 0.0597. The number of aryl methyl sites for hydroxylation is 1. The van der Waals surface area contributed by atoms with Crippen LogP contribution in [0.5, 0.6) is 0 Å². The van der Waals surface area contributed by atoms with Crippen LogP contribution in [0.25, 0.3) is 22.5 Å². The third kappa shape index (κ3) is 5.86. The van der Waals surface area contributed by atoms with Crippen molar-refractivity contribution in [3.05, 3.63) is 102 Å². The summed E-state index contributed by atoms with van der Waals surface area (Å²) in [5, 5.41) is 18.9. The second-order valence-corrected chi connectivity index (χ2v) is 9.04. The fourth-order valence-corrected chi connectivity index (χ4v) is 4.37. The van der Waals surface area contributed by atoms with Crippen LogP contribution in [0.4, 0.5) is 0 Å². The fraction of sp³-hybridized carbons (Fsp3) is 0.241. The molecular weight excluding hydrogens is 462 g/mol. The van der Waals surface area contributed by atoms with E-state index in [1.165, 1.54) is 0 Å². The molecule has 2 heterocycles. The largest absolute Gasteiger partial charge is 0.290 e. The number of hydrogen-bond donors (Lipinski definition) is 1. The quantitative estimate of drug-likeness (QED) is 0.198. The molecule has 0 unspecified atom stereocenters. The summed E-state index contributed by atoms with van der Waals surface area (Å²) >= 11 is 0. The number of tetrazole rings is 1. The van der Waals surface area contributed by atoms with E-state index in [1.807, 2.05) is 53.2 Å². The Morgan fingerprint density at radius 2 is 1.62 bits per heavy atom. The molecule has 0 atom stereocenters. The van der Waals surface area contributed by atoms with Gasteiger partial charge in [0.05, 0.1) is 0 Å². The van der Waals surface area contributed by atoms with E-state index < -0.39 is 0 Å². The number of benzene rings is 3. The number of hydrogen-bond acceptors (Lipinski definition) is 6. The number of nitrogens with one attached hydrogen (secondary N) is 1. The van der Waals surface area contributed by atoms with E-state index in [0.717, 1.165) is 59.4 Å². The monoisotopic (exact) mass is 491 g/mol. The number of aromatic nitrogens is 7. The van der Waals surface area contributed by atoms with Crippen molar-refractivity contribution in [1.29, 1.82) is 0 Å². The van der Waals surface area contributed by atoms with E-state index in [4.69, 9.17) is 0 Å². The number of carbonyl (C=O) groups excluding carboxylic acids is 1. The highest BCUT2D eigenvalue weighted by atomic mass is 16.1. The lowest BCUT2D eigenvalue weighted by atomic mass is 9.98. The van der Waals surface area contributed by atoms with Crippen molar-refractivity contribution in [2.24, 2.45) is 0 Å². The topological polar surface area (TPSA) is 102 Å². The number of nitrogens with zero attached hydrogens (tertiary/aromatic N) is 6. The summed E-state index contributed by atoms with van der Waals surface area (Å²) in [6.07, 6.45) is 4.14. The SMILES string of the molecule is CCCCCn1nc(C(=O)Cc2ccccc2)nc1Cc1ccc(-c2ccccc2-c2nnn[nH]2)cc1. The van der Waals surface area contributed by atoms with Crippen LogP contribution >= 0.6 is 0 Å². The van der Waals surface area contributed by atoms with Gasteiger partial charge >= 0.3 is 0 Å². The molecule has 0 saturated carbocycles. The minimum atomic E-state index is -0.0597. The number of ketones is 1. The Hall–Kier alpha value is -4.46. The van der Waals surface area contributed by atoms with Gasteiger partial charge in [0.15, 0.2) is 5.82 Å². The second-order valence-electron chi connectivity index (χ2n) is 9.04. The number of aromatic amines is 1. The third-order valence-corrected chi connectivity index (χ3v) is 6.33. The Morgan fingerprint density at radius 3 is 2.35 bits per heavy atom. The third-order valence-electron chi connectivity index (χ3n) is 6.33. The average molecular weight is 492 g/mol. The smallest absolute Gasteiger partial charge is 0.217 e. The number of Topliss-reactive ketones (excluding diaryl/α,β-unsaturated/α-hetero) is 1. The average Bonchev–Trinajstić information content (AvgIpc) is 3.61. The molecule has 8 nitrogen and oxygen atoms in total. The predicted octanol–water partition coefficient (Wildman–Crippen LogP) is 5.33. The Kier molecular flexibility index (Phi) is 7.55. The second kappa shape index (κ2) is 11.5. The molecule has 0 fully saturated rings. The summed E-state index contributed by atoms with van der Waals surface area (Å²) in [6.45, 7) is 2.93. The normalized spacial score (nSPS) is 11.1. The van der Waals surface area contributed by atoms with Gasteiger partial charge < -0.3 is 0 Å². The molecule has 0 bridgehead atoms. The van der Waals surface area contributed by atoms with Crippen LogP contribution in [-0.4, -0.2) is 41.2 Å². The van der Waals surface area contributed by atoms with Gasteiger partial charge in [0.1, 0.15) is 5.82 Å². The molecule has 0 aliphatic carbocycles. The Morgan fingerprint density at radius 1 is 0.865 bits per heavy atom. The standard InChI is InChI=1S/C29H29N7O/c1-2-3-9-18-36-27(30-29(33-36)26(37)19-21-10-5-4-6-11-21)20-22-14-16-23(17-15-22)24-12-7-8-13-25(24)28-31-34-35-32-28/h4-8,10-17H,2-3,9,18-20H2,1H3,(H,31,32,34,35). The van der Waals surface area contributed by atoms with Crippen molar-refractivity contribution in [3.63, 3.8) is 0 Å². The molecule has 37 heavy (non-hydrogen) atoms. The van der Waals surface area contributed by atoms with Crippen LogP contribution < -0.4 is 0 Å². The summed E-state index contributed by atoms with van der Waals surface area (Å²) < 4.78 is 1.91. The number of rotatable bonds is 11. The molecule has 2 aromatic heterocycles. The van der Waals surface area contributed by atoms with Gasteiger partial charge in [-0.25, -0.2) is 14.8 Å². The van der Waals surface area contributed by atoms with Gasteiger partial charge in [-0.05, 0) is 39.1 Å². The first-order chi connectivity index (χ1) is 18.2. The molecule has 0 aliphatic rings. The van der Waals surface area contributed by atoms with E-state index in [9.17, 15) is 4.79 Å². The summed E-state index contributed by atoms with van der Waals surface area (Å²) in [5.41, 5.74) is 5.13. The Labute approximate surface area is 215 Å². The molecule has 3 aromatic carbocycles. The van der Waals surface area contributed by atoms with Gasteiger partial charge in [-0.1, -0.05) is 98.6 Å². The molecule has 5 aromatic rings. The van der Waals surface area contributed by atoms with E-state index >= 15 is 0 Å². The van der Waals surface area contributed by atoms with Crippen molar-refractivity contribution in [2.45, 2.75) is 45.6 Å². The van der Waals surface area contributed by atoms with E-state index in [2.05, 4.69) is 68.0 Å². The van der Waals surface area contributed by atoms with Crippen LogP contribution in [0.3, 0.4) is 0 Å². The Bertz CT molecular complexity index is 1440. The fourth-order valence-electron chi connectivity index (χ4n) is 4.37. The zero-order chi connectivity index (χ0) is 25.5. The van der Waals surface area contributed by atoms with Crippen molar-refractivity contribution in [3.8, 4) is 22.5 Å². The summed E-state index contributed by atoms with van der Waals surface area (Å²) in [4.78, 5) is 17.6. The summed E-state index contributed by atoms with van der Waals surface area (Å²) in [7, 11) is 0. The number of unbranched alkanes of at least 4 members (excludes halogenated alkanes) is 2. The Balaban J connectivity index is 1.37. The highest BCUT2D eigenvalue weighted by Gasteiger charge is 2.17. The van der Waals surface area contributed by atoms with Crippen LogP contribution in [0.15, 0.2) is 78.9 Å². The zero-order valence-corrected chi connectivity index (χ0v) is 20.8. The molecule has 0 spiro atoms. The van der Waals surface area contributed by atoms with Gasteiger partial charge in [-0.3, -0.25) is 4.79 Å². The van der Waals surface area contributed by atoms with Gasteiger partial charge in [-0.15, -0.1) is 10.2 Å². The first-order valence-electron chi connectivity index (χ1n) is 12.6. The van der Waals surface area contributed by atoms with Gasteiger partial charge in [0.25, 0.3) is 0 Å². The molecule has 0 amide bonds. The van der Waals surface area contributed by atoms with Crippen molar-refractivity contribution >= 4 is 5.78 Å². The predicted molar refractivity (Wildman–Crippen MR) is 142 cm³/mol. The maximum atomic E-state index is 12.9. The highest BCUT2D eigenvalue weighted by Crippen LogP contribution is 2.30. The van der Waals surface area contributed by atoms with Crippen molar-refractivity contribution in [2.75, 3.05) is 0 Å². The molecule has 186 valence electrons. The molecule has 8 heteroatoms. The zero-order valence-electron chi connectivity index (χ0n) is 20.8. The number of carbonyl (C=O) groups is 1. The van der Waals surface area contributed by atoms with Crippen LogP contribution in [-0.2, 0) is 19.4 Å². The van der Waals surface area contributed by atoms with Crippen LogP contribution in [0, 0.1) is 0 Å². The van der Waals surface area contributed by atoms with Gasteiger partial charge in [-0.2, -0.15) is 0 Å². The molecule has 0 radical (unpaired) electrons. The van der Waals surface area contributed by atoms with Gasteiger partial charge in [0.2, 0.25) is 11.6 Å². The maximum absolute atomic E-state index is 12.9. The van der Waals surface area contributed by atoms with Crippen molar-refractivity contribution in [1.82, 2.24) is 35.4 Å². The maximum Gasteiger partial charge on any atom is 0.217 e. The van der Waals surface area contributed by atoms with E-state index in [-0.39, 0.29) is 5.78 Å². The molecule has 5 rings (SSSR count). The number of H-pyrrole nitrogens is 1. The van der Waals surface area contributed by atoms with Gasteiger partial charge in [0, 0.05) is 24.9 Å². The lowest BCUT2D eigenvalue weighted by Crippen LogP contribution is -2.08. The van der Waals surface area contributed by atoms with E-state index in [0.29, 0.717) is 24.5 Å². The minimum Gasteiger partial charge on any atom is -0.290 e. The first kappa shape index (κ1) is 24.2. The van der Waals surface area contributed by atoms with Crippen LogP contribution in [0.1, 0.15) is 53.8 Å². The van der Waals surface area contributed by atoms with Crippen LogP contribution in [0.2, 0.25) is 0 Å². The summed E-state index contributed by atoms with van der Waals surface area (Å²) in [5.74, 6) is 1.68. The summed E-state index contributed by atoms with van der Waals surface area (Å²) in [6, 6.07) is 26.1. The molecule has 1 N–H and O–H groups in total. The highest BCUT2D eigenvalue weighted by molar-refractivity contribution is 5.94. The molecule has 0 aliphatic heterocycles. The van der Waals surface area contributed by atoms with E-state index in [1.54, 1.807) is 0 Å². The lowest BCUT2D eigenvalue weighted by Gasteiger charge is -2.09.